The molecule has 0 radical (unpaired) electrons. The van der Waals surface area contributed by atoms with Crippen molar-refractivity contribution in [2.45, 2.75) is 39.5 Å². The SMILES string of the molecule is CCCNc1ncnc(NCCCSC)c1C(C)C. The number of hydrogen-bond acceptors (Lipinski definition) is 5. The Morgan fingerprint density at radius 2 is 1.79 bits per heavy atom. The van der Waals surface area contributed by atoms with Crippen molar-refractivity contribution in [1.82, 2.24) is 9.97 Å². The highest BCUT2D eigenvalue weighted by atomic mass is 32.2. The molecule has 19 heavy (non-hydrogen) atoms. The molecule has 4 nitrogen and oxygen atoms in total. The lowest BCUT2D eigenvalue weighted by Crippen LogP contribution is -2.12. The molecule has 0 bridgehead atoms. The molecule has 0 saturated carbocycles. The van der Waals surface area contributed by atoms with Crippen molar-refractivity contribution >= 4 is 23.4 Å². The Kier molecular flexibility index (Phi) is 7.63. The molecule has 108 valence electrons. The molecule has 0 aliphatic carbocycles. The van der Waals surface area contributed by atoms with Crippen LogP contribution < -0.4 is 10.6 Å². The molecular weight excluding hydrogens is 256 g/mol. The fraction of sp³-hybridized carbons (Fsp3) is 0.714. The van der Waals surface area contributed by atoms with E-state index in [1.807, 2.05) is 11.8 Å². The standard InChI is InChI=1S/C14H26N4S/c1-5-7-15-13-12(11(2)3)14(18-10-17-13)16-8-6-9-19-4/h10-11H,5-9H2,1-4H3,(H2,15,16,17,18). The predicted molar refractivity (Wildman–Crippen MR) is 86.4 cm³/mol. The fourth-order valence-corrected chi connectivity index (χ4v) is 2.32. The van der Waals surface area contributed by atoms with Crippen molar-refractivity contribution in [3.63, 3.8) is 0 Å². The average Bonchev–Trinajstić information content (AvgIpc) is 2.41. The molecule has 0 amide bonds. The van der Waals surface area contributed by atoms with E-state index in [4.69, 9.17) is 0 Å². The molecule has 0 aromatic carbocycles. The van der Waals surface area contributed by atoms with Gasteiger partial charge in [0.05, 0.1) is 0 Å². The van der Waals surface area contributed by atoms with Gasteiger partial charge in [-0.15, -0.1) is 0 Å². The Morgan fingerprint density at radius 3 is 2.32 bits per heavy atom. The molecule has 0 unspecified atom stereocenters. The minimum absolute atomic E-state index is 0.406. The van der Waals surface area contributed by atoms with E-state index < -0.39 is 0 Å². The van der Waals surface area contributed by atoms with Crippen LogP contribution in [0.3, 0.4) is 0 Å². The largest absolute Gasteiger partial charge is 0.370 e. The third kappa shape index (κ3) is 5.27. The van der Waals surface area contributed by atoms with Crippen LogP contribution in [0, 0.1) is 0 Å². The Balaban J connectivity index is 2.77. The number of nitrogens with zero attached hydrogens (tertiary/aromatic N) is 2. The number of thioether (sulfide) groups is 1. The molecule has 1 aromatic rings. The lowest BCUT2D eigenvalue weighted by molar-refractivity contribution is 0.836. The van der Waals surface area contributed by atoms with Gasteiger partial charge in [-0.3, -0.25) is 0 Å². The van der Waals surface area contributed by atoms with Crippen molar-refractivity contribution in [1.29, 1.82) is 0 Å². The monoisotopic (exact) mass is 282 g/mol. The number of rotatable bonds is 9. The number of nitrogens with one attached hydrogen (secondary N) is 2. The summed E-state index contributed by atoms with van der Waals surface area (Å²) < 4.78 is 0. The number of aromatic nitrogens is 2. The van der Waals surface area contributed by atoms with Gasteiger partial charge in [-0.25, -0.2) is 9.97 Å². The molecule has 2 N–H and O–H groups in total. The molecule has 0 saturated heterocycles. The maximum absolute atomic E-state index is 4.40. The first-order chi connectivity index (χ1) is 9.20. The fourth-order valence-electron chi connectivity index (χ4n) is 1.89. The third-order valence-electron chi connectivity index (χ3n) is 2.82. The lowest BCUT2D eigenvalue weighted by atomic mass is 10.0. The topological polar surface area (TPSA) is 49.8 Å². The van der Waals surface area contributed by atoms with E-state index in [0.717, 1.165) is 37.6 Å². The zero-order chi connectivity index (χ0) is 14.1. The maximum atomic E-state index is 4.40. The molecule has 1 heterocycles. The van der Waals surface area contributed by atoms with Crippen LogP contribution in [0.5, 0.6) is 0 Å². The van der Waals surface area contributed by atoms with E-state index >= 15 is 0 Å². The summed E-state index contributed by atoms with van der Waals surface area (Å²) in [6.07, 6.45) is 6.02. The molecule has 0 atom stereocenters. The minimum Gasteiger partial charge on any atom is -0.370 e. The van der Waals surface area contributed by atoms with E-state index in [0.29, 0.717) is 5.92 Å². The second kappa shape index (κ2) is 9.02. The first-order valence-electron chi connectivity index (χ1n) is 7.02. The zero-order valence-electron chi connectivity index (χ0n) is 12.5. The first-order valence-corrected chi connectivity index (χ1v) is 8.41. The highest BCUT2D eigenvalue weighted by molar-refractivity contribution is 7.98. The summed E-state index contributed by atoms with van der Waals surface area (Å²) in [5, 5.41) is 6.83. The normalized spacial score (nSPS) is 10.8. The van der Waals surface area contributed by atoms with Gasteiger partial charge < -0.3 is 10.6 Å². The van der Waals surface area contributed by atoms with E-state index in [-0.39, 0.29) is 0 Å². The Labute approximate surface area is 121 Å². The van der Waals surface area contributed by atoms with Gasteiger partial charge >= 0.3 is 0 Å². The highest BCUT2D eigenvalue weighted by Crippen LogP contribution is 2.28. The summed E-state index contributed by atoms with van der Waals surface area (Å²) in [6, 6.07) is 0. The third-order valence-corrected chi connectivity index (χ3v) is 3.52. The van der Waals surface area contributed by atoms with E-state index in [9.17, 15) is 0 Å². The van der Waals surface area contributed by atoms with E-state index in [1.165, 1.54) is 11.3 Å². The molecule has 1 rings (SSSR count). The van der Waals surface area contributed by atoms with Gasteiger partial charge in [0.2, 0.25) is 0 Å². The van der Waals surface area contributed by atoms with Crippen LogP contribution in [0.25, 0.3) is 0 Å². The van der Waals surface area contributed by atoms with Crippen LogP contribution in [0.2, 0.25) is 0 Å². The van der Waals surface area contributed by atoms with Crippen molar-refractivity contribution in [3.05, 3.63) is 11.9 Å². The summed E-state index contributed by atoms with van der Waals surface area (Å²) in [5.41, 5.74) is 1.19. The van der Waals surface area contributed by atoms with Gasteiger partial charge in [0.25, 0.3) is 0 Å². The predicted octanol–water partition coefficient (Wildman–Crippen LogP) is 3.59. The molecule has 0 spiro atoms. The van der Waals surface area contributed by atoms with Crippen LogP contribution in [-0.2, 0) is 0 Å². The molecule has 0 fully saturated rings. The molecule has 1 aromatic heterocycles. The first kappa shape index (κ1) is 16.1. The second-order valence-corrected chi connectivity index (χ2v) is 5.82. The summed E-state index contributed by atoms with van der Waals surface area (Å²) in [5.74, 6) is 3.53. The quantitative estimate of drug-likeness (QED) is 0.678. The van der Waals surface area contributed by atoms with Gasteiger partial charge in [-0.2, -0.15) is 11.8 Å². The highest BCUT2D eigenvalue weighted by Gasteiger charge is 2.14. The molecule has 5 heteroatoms. The number of anilines is 2. The molecular formula is C14H26N4S. The summed E-state index contributed by atoms with van der Waals surface area (Å²) >= 11 is 1.88. The van der Waals surface area contributed by atoms with Crippen molar-refractivity contribution < 1.29 is 0 Å². The van der Waals surface area contributed by atoms with Gasteiger partial charge in [-0.1, -0.05) is 20.8 Å². The summed E-state index contributed by atoms with van der Waals surface area (Å²) in [6.45, 7) is 8.43. The van der Waals surface area contributed by atoms with Gasteiger partial charge in [0, 0.05) is 18.7 Å². The Bertz CT molecular complexity index is 368. The Hall–Kier alpha value is -0.970. The van der Waals surface area contributed by atoms with Crippen LogP contribution >= 0.6 is 11.8 Å². The lowest BCUT2D eigenvalue weighted by Gasteiger charge is -2.17. The average molecular weight is 282 g/mol. The van der Waals surface area contributed by atoms with Gasteiger partial charge in [0.15, 0.2) is 0 Å². The van der Waals surface area contributed by atoms with Crippen LogP contribution in [0.15, 0.2) is 6.33 Å². The van der Waals surface area contributed by atoms with Crippen molar-refractivity contribution in [2.75, 3.05) is 35.7 Å². The summed E-state index contributed by atoms with van der Waals surface area (Å²) in [4.78, 5) is 8.77. The molecule has 0 aliphatic heterocycles. The molecule has 0 aliphatic rings. The smallest absolute Gasteiger partial charge is 0.134 e. The van der Waals surface area contributed by atoms with Crippen LogP contribution in [-0.4, -0.2) is 35.1 Å². The minimum atomic E-state index is 0.406. The second-order valence-electron chi connectivity index (χ2n) is 4.84. The van der Waals surface area contributed by atoms with E-state index in [1.54, 1.807) is 6.33 Å². The maximum Gasteiger partial charge on any atom is 0.134 e. The van der Waals surface area contributed by atoms with E-state index in [2.05, 4.69) is 47.6 Å². The van der Waals surface area contributed by atoms with Crippen molar-refractivity contribution in [2.24, 2.45) is 0 Å². The van der Waals surface area contributed by atoms with Gasteiger partial charge in [-0.05, 0) is 30.8 Å². The zero-order valence-corrected chi connectivity index (χ0v) is 13.3. The van der Waals surface area contributed by atoms with Crippen LogP contribution in [0.4, 0.5) is 11.6 Å². The van der Waals surface area contributed by atoms with Crippen molar-refractivity contribution in [3.8, 4) is 0 Å². The van der Waals surface area contributed by atoms with Crippen LogP contribution in [0.1, 0.15) is 45.1 Å². The Morgan fingerprint density at radius 1 is 1.16 bits per heavy atom. The number of hydrogen-bond donors (Lipinski definition) is 2. The van der Waals surface area contributed by atoms with Gasteiger partial charge in [0.1, 0.15) is 18.0 Å². The summed E-state index contributed by atoms with van der Waals surface area (Å²) in [7, 11) is 0.